The first-order valence-electron chi connectivity index (χ1n) is 8.90. The SMILES string of the molecule is O=C(NC1CCN(C(=O)Nc2ccc([N+](=O)[O-])cc2Cl)CC1)c1ccccc1F. The van der Waals surface area contributed by atoms with Crippen LogP contribution in [0.1, 0.15) is 23.2 Å². The molecule has 1 aliphatic rings. The molecule has 2 aromatic carbocycles. The molecule has 0 radical (unpaired) electrons. The standard InChI is InChI=1S/C19H18ClFN4O4/c20-15-11-13(25(28)29)5-6-17(15)23-19(27)24-9-7-12(8-10-24)22-18(26)14-3-1-2-4-16(14)21/h1-6,11-12H,7-10H2,(H,22,26)(H,23,27). The fraction of sp³-hybridized carbons (Fsp3) is 0.263. The highest BCUT2D eigenvalue weighted by Crippen LogP contribution is 2.27. The Balaban J connectivity index is 1.53. The number of nitrogens with zero attached hydrogens (tertiary/aromatic N) is 2. The number of nitrogens with one attached hydrogen (secondary N) is 2. The number of non-ortho nitro benzene ring substituents is 1. The van der Waals surface area contributed by atoms with Crippen molar-refractivity contribution in [1.82, 2.24) is 10.2 Å². The van der Waals surface area contributed by atoms with Crippen molar-refractivity contribution < 1.29 is 18.9 Å². The third-order valence-corrected chi connectivity index (χ3v) is 4.95. The molecule has 10 heteroatoms. The van der Waals surface area contributed by atoms with Crippen LogP contribution in [0, 0.1) is 15.9 Å². The molecule has 8 nitrogen and oxygen atoms in total. The quantitative estimate of drug-likeness (QED) is 0.579. The van der Waals surface area contributed by atoms with Crippen molar-refractivity contribution in [2.24, 2.45) is 0 Å². The predicted octanol–water partition coefficient (Wildman–Crippen LogP) is 3.81. The minimum absolute atomic E-state index is 0.0134. The first kappa shape index (κ1) is 20.5. The minimum atomic E-state index is -0.582. The molecule has 2 N–H and O–H groups in total. The number of anilines is 1. The van der Waals surface area contributed by atoms with E-state index in [1.165, 1.54) is 36.4 Å². The molecule has 0 unspecified atom stereocenters. The maximum atomic E-state index is 13.7. The largest absolute Gasteiger partial charge is 0.349 e. The van der Waals surface area contributed by atoms with Gasteiger partial charge in [-0.05, 0) is 31.0 Å². The molecule has 0 atom stereocenters. The van der Waals surface area contributed by atoms with Gasteiger partial charge in [-0.1, -0.05) is 23.7 Å². The van der Waals surface area contributed by atoms with Crippen LogP contribution in [0.3, 0.4) is 0 Å². The molecular weight excluding hydrogens is 403 g/mol. The molecular formula is C19H18ClFN4O4. The number of halogens is 2. The van der Waals surface area contributed by atoms with Crippen LogP contribution in [0.15, 0.2) is 42.5 Å². The summed E-state index contributed by atoms with van der Waals surface area (Å²) in [5, 5.41) is 16.2. The molecule has 0 aliphatic carbocycles. The van der Waals surface area contributed by atoms with E-state index in [0.717, 1.165) is 0 Å². The third kappa shape index (κ3) is 5.00. The minimum Gasteiger partial charge on any atom is -0.349 e. The van der Waals surface area contributed by atoms with Gasteiger partial charge in [-0.25, -0.2) is 9.18 Å². The van der Waals surface area contributed by atoms with E-state index in [2.05, 4.69) is 10.6 Å². The van der Waals surface area contributed by atoms with Gasteiger partial charge in [0.05, 0.1) is 21.2 Å². The van der Waals surface area contributed by atoms with Crippen molar-refractivity contribution in [3.63, 3.8) is 0 Å². The van der Waals surface area contributed by atoms with Crippen LogP contribution >= 0.6 is 11.6 Å². The monoisotopic (exact) mass is 420 g/mol. The first-order valence-corrected chi connectivity index (χ1v) is 9.28. The van der Waals surface area contributed by atoms with Gasteiger partial charge >= 0.3 is 6.03 Å². The molecule has 1 saturated heterocycles. The highest BCUT2D eigenvalue weighted by atomic mass is 35.5. The van der Waals surface area contributed by atoms with Crippen LogP contribution in [-0.2, 0) is 0 Å². The average molecular weight is 421 g/mol. The molecule has 1 heterocycles. The third-order valence-electron chi connectivity index (χ3n) is 4.64. The van der Waals surface area contributed by atoms with Gasteiger partial charge in [0.25, 0.3) is 11.6 Å². The van der Waals surface area contributed by atoms with Gasteiger partial charge in [0.2, 0.25) is 0 Å². The summed E-state index contributed by atoms with van der Waals surface area (Å²) in [5.41, 5.74) is 0.0946. The lowest BCUT2D eigenvalue weighted by Crippen LogP contribution is -2.47. The predicted molar refractivity (Wildman–Crippen MR) is 106 cm³/mol. The number of hydrogen-bond acceptors (Lipinski definition) is 4. The smallest absolute Gasteiger partial charge is 0.321 e. The lowest BCUT2D eigenvalue weighted by molar-refractivity contribution is -0.384. The number of nitro benzene ring substituents is 1. The normalized spacial score (nSPS) is 14.3. The van der Waals surface area contributed by atoms with Gasteiger partial charge in [-0.2, -0.15) is 0 Å². The highest BCUT2D eigenvalue weighted by molar-refractivity contribution is 6.33. The summed E-state index contributed by atoms with van der Waals surface area (Å²) in [4.78, 5) is 36.4. The van der Waals surface area contributed by atoms with Crippen molar-refractivity contribution in [2.45, 2.75) is 18.9 Å². The van der Waals surface area contributed by atoms with E-state index in [1.807, 2.05) is 0 Å². The Morgan fingerprint density at radius 1 is 1.17 bits per heavy atom. The number of rotatable bonds is 4. The average Bonchev–Trinajstić information content (AvgIpc) is 2.70. The summed E-state index contributed by atoms with van der Waals surface area (Å²) in [7, 11) is 0. The van der Waals surface area contributed by atoms with Crippen molar-refractivity contribution >= 4 is 34.9 Å². The van der Waals surface area contributed by atoms with E-state index in [1.54, 1.807) is 11.0 Å². The molecule has 3 amide bonds. The number of carbonyl (C=O) groups excluding carboxylic acids is 2. The van der Waals surface area contributed by atoms with Gasteiger partial charge < -0.3 is 15.5 Å². The molecule has 3 rings (SSSR count). The fourth-order valence-corrected chi connectivity index (χ4v) is 3.27. The molecule has 152 valence electrons. The highest BCUT2D eigenvalue weighted by Gasteiger charge is 2.25. The topological polar surface area (TPSA) is 105 Å². The van der Waals surface area contributed by atoms with Crippen LogP contribution in [0.4, 0.5) is 20.6 Å². The Labute approximate surface area is 170 Å². The Bertz CT molecular complexity index is 948. The first-order chi connectivity index (χ1) is 13.8. The maximum Gasteiger partial charge on any atom is 0.321 e. The van der Waals surface area contributed by atoms with Gasteiger partial charge in [0.15, 0.2) is 0 Å². The van der Waals surface area contributed by atoms with Crippen molar-refractivity contribution in [1.29, 1.82) is 0 Å². The molecule has 1 aliphatic heterocycles. The Kier molecular flexibility index (Phi) is 6.28. The number of piperidine rings is 1. The lowest BCUT2D eigenvalue weighted by atomic mass is 10.0. The van der Waals surface area contributed by atoms with Gasteiger partial charge in [-0.15, -0.1) is 0 Å². The maximum absolute atomic E-state index is 13.7. The summed E-state index contributed by atoms with van der Waals surface area (Å²) >= 11 is 5.99. The Hall–Kier alpha value is -3.20. The van der Waals surface area contributed by atoms with Crippen molar-refractivity contribution in [3.8, 4) is 0 Å². The number of carbonyl (C=O) groups is 2. The lowest BCUT2D eigenvalue weighted by Gasteiger charge is -2.32. The van der Waals surface area contributed by atoms with E-state index in [0.29, 0.717) is 25.9 Å². The number of nitro groups is 1. The number of benzene rings is 2. The van der Waals surface area contributed by atoms with Crippen LogP contribution in [0.2, 0.25) is 5.02 Å². The van der Waals surface area contributed by atoms with Gasteiger partial charge in [0.1, 0.15) is 5.82 Å². The van der Waals surface area contributed by atoms with Crippen molar-refractivity contribution in [3.05, 3.63) is 69.0 Å². The zero-order valence-corrected chi connectivity index (χ0v) is 16.0. The zero-order chi connectivity index (χ0) is 21.0. The Morgan fingerprint density at radius 2 is 1.86 bits per heavy atom. The summed E-state index contributed by atoms with van der Waals surface area (Å²) in [5.74, 6) is -1.06. The molecule has 1 fully saturated rings. The molecule has 29 heavy (non-hydrogen) atoms. The summed E-state index contributed by atoms with van der Waals surface area (Å²) in [6, 6.07) is 8.99. The van der Waals surface area contributed by atoms with Crippen molar-refractivity contribution in [2.75, 3.05) is 18.4 Å². The number of amides is 3. The number of likely N-dealkylation sites (tertiary alicyclic amines) is 1. The van der Waals surface area contributed by atoms with E-state index in [9.17, 15) is 24.1 Å². The number of urea groups is 1. The second-order valence-corrected chi connectivity index (χ2v) is 6.97. The number of hydrogen-bond donors (Lipinski definition) is 2. The second-order valence-electron chi connectivity index (χ2n) is 6.57. The van der Waals surface area contributed by atoms with E-state index in [-0.39, 0.29) is 34.0 Å². The molecule has 0 bridgehead atoms. The van der Waals surface area contributed by atoms with Crippen LogP contribution in [0.25, 0.3) is 0 Å². The molecule has 2 aromatic rings. The Morgan fingerprint density at radius 3 is 2.48 bits per heavy atom. The fourth-order valence-electron chi connectivity index (χ4n) is 3.05. The summed E-state index contributed by atoms with van der Waals surface area (Å²) < 4.78 is 13.7. The van der Waals surface area contributed by atoms with E-state index >= 15 is 0 Å². The van der Waals surface area contributed by atoms with Gasteiger partial charge in [-0.3, -0.25) is 14.9 Å². The molecule has 0 aromatic heterocycles. The zero-order valence-electron chi connectivity index (χ0n) is 15.2. The summed E-state index contributed by atoms with van der Waals surface area (Å²) in [6.45, 7) is 0.775. The summed E-state index contributed by atoms with van der Waals surface area (Å²) in [6.07, 6.45) is 1.03. The van der Waals surface area contributed by atoms with Crippen LogP contribution in [-0.4, -0.2) is 40.9 Å². The van der Waals surface area contributed by atoms with Crippen LogP contribution in [0.5, 0.6) is 0 Å². The second kappa shape index (κ2) is 8.87. The van der Waals surface area contributed by atoms with E-state index in [4.69, 9.17) is 11.6 Å². The molecule has 0 saturated carbocycles. The van der Waals surface area contributed by atoms with Crippen LogP contribution < -0.4 is 10.6 Å². The molecule has 0 spiro atoms. The van der Waals surface area contributed by atoms with Gasteiger partial charge in [0, 0.05) is 31.3 Å². The van der Waals surface area contributed by atoms with E-state index < -0.39 is 16.6 Å².